The summed E-state index contributed by atoms with van der Waals surface area (Å²) >= 11 is 0. The van der Waals surface area contributed by atoms with Gasteiger partial charge in [-0.3, -0.25) is 0 Å². The SMILES string of the molecule is CC(C)(C)c1ccc2c3ccccc3n(-c3ccccc3)c2c1.CC(C)c1cc(-c2ccccc2)cc(C(C)C)c1C(C)(C)C.[2H]C(C)(C)c1cc(-c2ccccc2)cc(C([2H])(C)C)c1C(C)(C)C.[2H]C([2H])([2H])c1cc(C)c(C(C)(C)C)c(C)c1. The van der Waals surface area contributed by atoms with Crippen LogP contribution in [0.4, 0.5) is 0 Å². The van der Waals surface area contributed by atoms with Gasteiger partial charge in [0.2, 0.25) is 0 Å². The molecule has 0 radical (unpaired) electrons. The molecule has 1 heterocycles. The minimum Gasteiger partial charge on any atom is -0.309 e. The Morgan fingerprint density at radius 2 is 0.738 bits per heavy atom. The molecular weight excluding hydrogens is 963 g/mol. The summed E-state index contributed by atoms with van der Waals surface area (Å²) in [5.74, 6) is -0.355. The molecule has 0 aliphatic carbocycles. The molecule has 0 N–H and O–H groups in total. The quantitative estimate of drug-likeness (QED) is 0.150. The first-order valence-corrected chi connectivity index (χ1v) is 29.3. The second kappa shape index (κ2) is 25.6. The van der Waals surface area contributed by atoms with Gasteiger partial charge in [0.25, 0.3) is 0 Å². The second-order valence-electron chi connectivity index (χ2n) is 27.4. The highest BCUT2D eigenvalue weighted by Crippen LogP contribution is 2.42. The van der Waals surface area contributed by atoms with Crippen LogP contribution >= 0.6 is 0 Å². The van der Waals surface area contributed by atoms with Crippen molar-refractivity contribution in [3.63, 3.8) is 0 Å². The number of rotatable bonds is 7. The summed E-state index contributed by atoms with van der Waals surface area (Å²) < 4.78 is 42.0. The van der Waals surface area contributed by atoms with Gasteiger partial charge < -0.3 is 4.57 Å². The molecule has 1 aromatic heterocycles. The zero-order chi connectivity index (χ0) is 63.6. The predicted molar refractivity (Wildman–Crippen MR) is 356 cm³/mol. The van der Waals surface area contributed by atoms with E-state index in [1.807, 2.05) is 59.7 Å². The number of fused-ring (bicyclic) bond motifs is 3. The van der Waals surface area contributed by atoms with Crippen LogP contribution in [0.25, 0.3) is 49.7 Å². The maximum absolute atomic E-state index is 8.69. The lowest BCUT2D eigenvalue weighted by molar-refractivity contribution is 0.564. The van der Waals surface area contributed by atoms with Crippen LogP contribution in [0, 0.1) is 20.7 Å². The van der Waals surface area contributed by atoms with Crippen LogP contribution in [-0.4, -0.2) is 4.57 Å². The van der Waals surface area contributed by atoms with Crippen molar-refractivity contribution in [3.8, 4) is 27.9 Å². The fraction of sp³-hybridized carbons (Fsp3) is 0.392. The summed E-state index contributed by atoms with van der Waals surface area (Å²) in [6.07, 6.45) is 0. The molecule has 0 aliphatic heterocycles. The molecule has 0 unspecified atom stereocenters. The number of hydrogen-bond acceptors (Lipinski definition) is 0. The Morgan fingerprint density at radius 1 is 0.362 bits per heavy atom. The van der Waals surface area contributed by atoms with Gasteiger partial charge in [-0.2, -0.15) is 0 Å². The highest BCUT2D eigenvalue weighted by molar-refractivity contribution is 6.09. The first-order valence-electron chi connectivity index (χ1n) is 31.8. The number of nitrogens with zero attached hydrogens (tertiary/aromatic N) is 1. The lowest BCUT2D eigenvalue weighted by Gasteiger charge is -2.30. The Morgan fingerprint density at radius 3 is 1.12 bits per heavy atom. The van der Waals surface area contributed by atoms with Crippen molar-refractivity contribution >= 4 is 21.8 Å². The Kier molecular flexibility index (Phi) is 17.7. The third-order valence-corrected chi connectivity index (χ3v) is 15.2. The van der Waals surface area contributed by atoms with Gasteiger partial charge in [0, 0.05) is 23.3 Å². The average Bonchev–Trinajstić information content (AvgIpc) is 1.86. The van der Waals surface area contributed by atoms with E-state index in [9.17, 15) is 0 Å². The van der Waals surface area contributed by atoms with Gasteiger partial charge in [-0.1, -0.05) is 290 Å². The Hall–Kier alpha value is -6.44. The van der Waals surface area contributed by atoms with Crippen molar-refractivity contribution in [2.45, 2.75) is 204 Å². The van der Waals surface area contributed by atoms with Gasteiger partial charge in [-0.15, -0.1) is 0 Å². The monoisotopic (exact) mass is 1070 g/mol. The van der Waals surface area contributed by atoms with Crippen molar-refractivity contribution in [3.05, 3.63) is 231 Å². The number of aryl methyl sites for hydroxylation is 3. The highest BCUT2D eigenvalue weighted by atomic mass is 15.0. The third kappa shape index (κ3) is 15.1. The third-order valence-electron chi connectivity index (χ3n) is 15.2. The molecule has 0 saturated carbocycles. The molecule has 0 atom stereocenters. The van der Waals surface area contributed by atoms with Crippen molar-refractivity contribution in [1.29, 1.82) is 0 Å². The Labute approximate surface area is 494 Å². The molecule has 8 aromatic carbocycles. The van der Waals surface area contributed by atoms with E-state index in [4.69, 9.17) is 6.85 Å². The van der Waals surface area contributed by atoms with Crippen LogP contribution < -0.4 is 0 Å². The fourth-order valence-corrected chi connectivity index (χ4v) is 11.7. The first-order chi connectivity index (χ1) is 39.1. The van der Waals surface area contributed by atoms with Gasteiger partial charge in [0.15, 0.2) is 0 Å². The van der Waals surface area contributed by atoms with Crippen LogP contribution in [0.1, 0.15) is 230 Å². The molecule has 9 aromatic rings. The fourth-order valence-electron chi connectivity index (χ4n) is 11.7. The van der Waals surface area contributed by atoms with Crippen molar-refractivity contribution in [2.75, 3.05) is 0 Å². The van der Waals surface area contributed by atoms with E-state index in [-0.39, 0.29) is 21.7 Å². The zero-order valence-corrected chi connectivity index (χ0v) is 53.3. The summed E-state index contributed by atoms with van der Waals surface area (Å²) in [6.45, 7) is 45.7. The van der Waals surface area contributed by atoms with Crippen LogP contribution in [0.15, 0.2) is 170 Å². The normalized spacial score (nSPS) is 13.5. The van der Waals surface area contributed by atoms with Gasteiger partial charge in [-0.05, 0) is 168 Å². The molecule has 0 amide bonds. The lowest BCUT2D eigenvalue weighted by Crippen LogP contribution is -2.19. The lowest BCUT2D eigenvalue weighted by atomic mass is 9.74. The molecule has 0 aliphatic rings. The minimum atomic E-state index is -2.01. The van der Waals surface area contributed by atoms with E-state index in [0.717, 1.165) is 38.9 Å². The van der Waals surface area contributed by atoms with E-state index in [2.05, 4.69) is 255 Å². The smallest absolute Gasteiger partial charge is 0.0544 e. The molecule has 9 rings (SSSR count). The van der Waals surface area contributed by atoms with E-state index >= 15 is 0 Å². The van der Waals surface area contributed by atoms with Gasteiger partial charge in [0.1, 0.15) is 0 Å². The summed E-state index contributed by atoms with van der Waals surface area (Å²) in [7, 11) is 0. The topological polar surface area (TPSA) is 4.93 Å². The molecule has 0 spiro atoms. The molecule has 0 fully saturated rings. The number of benzene rings is 8. The zero-order valence-electron chi connectivity index (χ0n) is 58.3. The number of aromatic nitrogens is 1. The average molecular weight is 1070 g/mol. The molecule has 0 saturated heterocycles. The van der Waals surface area contributed by atoms with Gasteiger partial charge >= 0.3 is 0 Å². The molecule has 422 valence electrons. The Bertz CT molecular complexity index is 3600. The maximum atomic E-state index is 8.69. The van der Waals surface area contributed by atoms with E-state index in [0.29, 0.717) is 17.4 Å². The van der Waals surface area contributed by atoms with Gasteiger partial charge in [-0.25, -0.2) is 0 Å². The highest BCUT2D eigenvalue weighted by Gasteiger charge is 2.27. The molecular formula is C79H101N. The first kappa shape index (κ1) is 55.5. The van der Waals surface area contributed by atoms with E-state index in [1.165, 1.54) is 66.4 Å². The number of para-hydroxylation sites is 2. The van der Waals surface area contributed by atoms with Crippen LogP contribution in [0.2, 0.25) is 0 Å². The Balaban J connectivity index is 0.000000183. The molecule has 1 nitrogen and oxygen atoms in total. The standard InChI is InChI=1S/C22H21N.2C22H30.C13H20/c1-22(2,3)16-13-14-19-18-11-7-8-12-20(18)23(21(19)15-16)17-9-5-4-6-10-17;2*1-15(2)19-13-18(17-11-9-8-10-12-17)14-20(16(3)4)21(19)22(5,6)7;1-9-7-10(2)12(11(3)8-9)13(4,5)6/h4-15H,1-3H3;2*8-16H,1-7H3;7-8H,1-6H3/i;15D,16D;;1D3. The largest absolute Gasteiger partial charge is 0.309 e. The summed E-state index contributed by atoms with van der Waals surface area (Å²) in [5, 5.41) is 2.63. The summed E-state index contributed by atoms with van der Waals surface area (Å²) in [6, 6.07) is 59.9. The maximum Gasteiger partial charge on any atom is 0.0544 e. The number of hydrogen-bond donors (Lipinski definition) is 0. The summed E-state index contributed by atoms with van der Waals surface area (Å²) in [5.41, 5.74) is 21.8. The van der Waals surface area contributed by atoms with Crippen molar-refractivity contribution in [1.82, 2.24) is 4.57 Å². The molecule has 80 heavy (non-hydrogen) atoms. The molecule has 0 bridgehead atoms. The van der Waals surface area contributed by atoms with E-state index < -0.39 is 18.6 Å². The van der Waals surface area contributed by atoms with Crippen LogP contribution in [-0.2, 0) is 21.7 Å². The second-order valence-corrected chi connectivity index (χ2v) is 27.4. The minimum absolute atomic E-state index is 0.0570. The summed E-state index contributed by atoms with van der Waals surface area (Å²) in [4.78, 5) is 0. The van der Waals surface area contributed by atoms with Crippen molar-refractivity contribution < 1.29 is 6.85 Å². The van der Waals surface area contributed by atoms with Crippen LogP contribution in [0.3, 0.4) is 0 Å². The predicted octanol–water partition coefficient (Wildman–Crippen LogP) is 23.8. The van der Waals surface area contributed by atoms with Gasteiger partial charge in [0.05, 0.1) is 11.0 Å². The van der Waals surface area contributed by atoms with Crippen LogP contribution in [0.5, 0.6) is 0 Å². The van der Waals surface area contributed by atoms with E-state index in [1.54, 1.807) is 12.1 Å². The molecule has 1 heteroatoms. The van der Waals surface area contributed by atoms with Crippen molar-refractivity contribution in [2.24, 2.45) is 0 Å².